The van der Waals surface area contributed by atoms with Crippen molar-refractivity contribution >= 4 is 17.6 Å². The van der Waals surface area contributed by atoms with E-state index in [1.807, 2.05) is 11.8 Å². The number of nitrogens with zero attached hydrogens (tertiary/aromatic N) is 2. The van der Waals surface area contributed by atoms with Crippen molar-refractivity contribution in [3.63, 3.8) is 0 Å². The Morgan fingerprint density at radius 1 is 1.29 bits per heavy atom. The van der Waals surface area contributed by atoms with Crippen molar-refractivity contribution in [3.8, 4) is 0 Å². The van der Waals surface area contributed by atoms with E-state index in [4.69, 9.17) is 5.41 Å². The second kappa shape index (κ2) is 5.61. The number of piperazine rings is 1. The zero-order valence-corrected chi connectivity index (χ0v) is 10.2. The molecule has 0 spiro atoms. The molecule has 3 nitrogen and oxygen atoms in total. The van der Waals surface area contributed by atoms with Crippen molar-refractivity contribution in [2.24, 2.45) is 0 Å². The molecule has 82 valence electrons. The van der Waals surface area contributed by atoms with E-state index in [0.29, 0.717) is 5.25 Å². The topological polar surface area (TPSA) is 30.3 Å². The Kier molecular flexibility index (Phi) is 4.75. The summed E-state index contributed by atoms with van der Waals surface area (Å²) in [7, 11) is 2.14. The molecule has 0 aliphatic carbocycles. The fourth-order valence-corrected chi connectivity index (χ4v) is 2.09. The zero-order chi connectivity index (χ0) is 10.6. The van der Waals surface area contributed by atoms with Crippen LogP contribution in [0, 0.1) is 5.41 Å². The minimum absolute atomic E-state index is 0.628. The highest BCUT2D eigenvalue weighted by Gasteiger charge is 2.16. The van der Waals surface area contributed by atoms with Crippen LogP contribution < -0.4 is 0 Å². The first-order valence-corrected chi connectivity index (χ1v) is 6.27. The molecule has 1 aliphatic heterocycles. The molecule has 1 saturated heterocycles. The van der Waals surface area contributed by atoms with Crippen LogP contribution in [0.1, 0.15) is 13.8 Å². The van der Waals surface area contributed by atoms with Gasteiger partial charge in [-0.3, -0.25) is 5.41 Å². The zero-order valence-electron chi connectivity index (χ0n) is 9.42. The number of thioether (sulfide) groups is 1. The standard InChI is InChI=1S/C10H21N3S/c1-9(2)14-8-10(11)13-6-4-12(3)5-7-13/h9,11H,4-8H2,1-3H3. The molecule has 1 aliphatic rings. The minimum Gasteiger partial charge on any atom is -0.357 e. The third-order valence-electron chi connectivity index (χ3n) is 2.44. The lowest BCUT2D eigenvalue weighted by Gasteiger charge is -2.34. The molecule has 1 heterocycles. The summed E-state index contributed by atoms with van der Waals surface area (Å²) in [6, 6.07) is 0. The molecule has 0 saturated carbocycles. The summed E-state index contributed by atoms with van der Waals surface area (Å²) in [6.07, 6.45) is 0. The van der Waals surface area contributed by atoms with Crippen molar-refractivity contribution in [2.45, 2.75) is 19.1 Å². The van der Waals surface area contributed by atoms with Crippen LogP contribution in [-0.4, -0.2) is 59.9 Å². The molecule has 0 radical (unpaired) electrons. The molecular formula is C10H21N3S. The Bertz CT molecular complexity index is 186. The third kappa shape index (κ3) is 3.88. The first-order valence-electron chi connectivity index (χ1n) is 5.22. The summed E-state index contributed by atoms with van der Waals surface area (Å²) in [6.45, 7) is 8.59. The van der Waals surface area contributed by atoms with Gasteiger partial charge in [-0.1, -0.05) is 13.8 Å². The SMILES string of the molecule is CC(C)SCC(=N)N1CCN(C)CC1. The molecule has 0 unspecified atom stereocenters. The molecule has 0 bridgehead atoms. The Morgan fingerprint density at radius 2 is 1.86 bits per heavy atom. The highest BCUT2D eigenvalue weighted by atomic mass is 32.2. The van der Waals surface area contributed by atoms with Gasteiger partial charge < -0.3 is 9.80 Å². The van der Waals surface area contributed by atoms with Gasteiger partial charge in [0.1, 0.15) is 5.84 Å². The van der Waals surface area contributed by atoms with Crippen molar-refractivity contribution < 1.29 is 0 Å². The van der Waals surface area contributed by atoms with Crippen LogP contribution in [0.2, 0.25) is 0 Å². The smallest absolute Gasteiger partial charge is 0.106 e. The third-order valence-corrected chi connectivity index (χ3v) is 3.55. The summed E-state index contributed by atoms with van der Waals surface area (Å²) in [5.74, 6) is 1.67. The lowest BCUT2D eigenvalue weighted by atomic mass is 10.3. The van der Waals surface area contributed by atoms with Crippen LogP contribution in [-0.2, 0) is 0 Å². The van der Waals surface area contributed by atoms with E-state index in [9.17, 15) is 0 Å². The predicted octanol–water partition coefficient (Wildman–Crippen LogP) is 1.35. The van der Waals surface area contributed by atoms with Crippen LogP contribution in [0.15, 0.2) is 0 Å². The molecule has 1 rings (SSSR count). The lowest BCUT2D eigenvalue weighted by molar-refractivity contribution is 0.214. The molecule has 1 fully saturated rings. The largest absolute Gasteiger partial charge is 0.357 e. The maximum Gasteiger partial charge on any atom is 0.106 e. The van der Waals surface area contributed by atoms with Crippen LogP contribution in [0.25, 0.3) is 0 Å². The van der Waals surface area contributed by atoms with Gasteiger partial charge in [0.2, 0.25) is 0 Å². The number of amidine groups is 1. The van der Waals surface area contributed by atoms with Gasteiger partial charge in [-0.25, -0.2) is 0 Å². The average molecular weight is 215 g/mol. The predicted molar refractivity (Wildman–Crippen MR) is 64.4 cm³/mol. The van der Waals surface area contributed by atoms with Crippen LogP contribution in [0.3, 0.4) is 0 Å². The molecule has 14 heavy (non-hydrogen) atoms. The quantitative estimate of drug-likeness (QED) is 0.569. The van der Waals surface area contributed by atoms with Crippen molar-refractivity contribution in [3.05, 3.63) is 0 Å². The van der Waals surface area contributed by atoms with Crippen molar-refractivity contribution in [1.82, 2.24) is 9.80 Å². The fraction of sp³-hybridized carbons (Fsp3) is 0.900. The Hall–Kier alpha value is -0.220. The Morgan fingerprint density at radius 3 is 2.36 bits per heavy atom. The van der Waals surface area contributed by atoms with Gasteiger partial charge in [0.15, 0.2) is 0 Å². The van der Waals surface area contributed by atoms with E-state index in [2.05, 4.69) is 30.7 Å². The second-order valence-corrected chi connectivity index (χ2v) is 5.66. The number of hydrogen-bond acceptors (Lipinski definition) is 3. The Labute approximate surface area is 91.3 Å². The van der Waals surface area contributed by atoms with Crippen LogP contribution >= 0.6 is 11.8 Å². The summed E-state index contributed by atoms with van der Waals surface area (Å²) in [5.41, 5.74) is 0. The highest BCUT2D eigenvalue weighted by Crippen LogP contribution is 2.11. The van der Waals surface area contributed by atoms with E-state index in [1.54, 1.807) is 0 Å². The van der Waals surface area contributed by atoms with Crippen LogP contribution in [0.4, 0.5) is 0 Å². The van der Waals surface area contributed by atoms with E-state index < -0.39 is 0 Å². The molecule has 4 heteroatoms. The minimum atomic E-state index is 0.628. The molecular weight excluding hydrogens is 194 g/mol. The maximum atomic E-state index is 7.93. The van der Waals surface area contributed by atoms with E-state index in [-0.39, 0.29) is 0 Å². The van der Waals surface area contributed by atoms with Gasteiger partial charge in [0, 0.05) is 26.2 Å². The Balaban J connectivity index is 2.24. The fourth-order valence-electron chi connectivity index (χ4n) is 1.41. The highest BCUT2D eigenvalue weighted by molar-refractivity contribution is 8.00. The number of likely N-dealkylation sites (N-methyl/N-ethyl adjacent to an activating group) is 1. The van der Waals surface area contributed by atoms with Crippen molar-refractivity contribution in [1.29, 1.82) is 5.41 Å². The molecule has 0 atom stereocenters. The van der Waals surface area contributed by atoms with Crippen molar-refractivity contribution in [2.75, 3.05) is 39.0 Å². The second-order valence-electron chi connectivity index (χ2n) is 4.10. The molecule has 0 amide bonds. The lowest BCUT2D eigenvalue weighted by Crippen LogP contribution is -2.47. The van der Waals surface area contributed by atoms with Gasteiger partial charge >= 0.3 is 0 Å². The maximum absolute atomic E-state index is 7.93. The number of rotatable bonds is 3. The number of hydrogen-bond donors (Lipinski definition) is 1. The first-order chi connectivity index (χ1) is 6.59. The van der Waals surface area contributed by atoms with E-state index in [0.717, 1.165) is 37.8 Å². The first kappa shape index (κ1) is 11.9. The summed E-state index contributed by atoms with van der Waals surface area (Å²) >= 11 is 1.85. The van der Waals surface area contributed by atoms with Gasteiger partial charge in [-0.15, -0.1) is 0 Å². The monoisotopic (exact) mass is 215 g/mol. The normalized spacial score (nSPS) is 19.0. The van der Waals surface area contributed by atoms with Gasteiger partial charge in [-0.05, 0) is 12.3 Å². The number of nitrogens with one attached hydrogen (secondary N) is 1. The van der Waals surface area contributed by atoms with E-state index in [1.165, 1.54) is 0 Å². The molecule has 0 aromatic rings. The van der Waals surface area contributed by atoms with Crippen LogP contribution in [0.5, 0.6) is 0 Å². The summed E-state index contributed by atoms with van der Waals surface area (Å²) < 4.78 is 0. The molecule has 0 aromatic heterocycles. The van der Waals surface area contributed by atoms with Gasteiger partial charge in [0.05, 0.1) is 5.75 Å². The van der Waals surface area contributed by atoms with E-state index >= 15 is 0 Å². The summed E-state index contributed by atoms with van der Waals surface area (Å²) in [5, 5.41) is 8.56. The summed E-state index contributed by atoms with van der Waals surface area (Å²) in [4.78, 5) is 4.52. The van der Waals surface area contributed by atoms with Gasteiger partial charge in [-0.2, -0.15) is 11.8 Å². The molecule has 0 aromatic carbocycles. The average Bonchev–Trinajstić information content (AvgIpc) is 2.15. The molecule has 1 N–H and O–H groups in total. The van der Waals surface area contributed by atoms with Gasteiger partial charge in [0.25, 0.3) is 0 Å².